The maximum atomic E-state index is 12.6. The van der Waals surface area contributed by atoms with E-state index in [1.807, 2.05) is 6.92 Å². The molecule has 0 spiro atoms. The third-order valence-electron chi connectivity index (χ3n) is 4.85. The van der Waals surface area contributed by atoms with Gasteiger partial charge in [0.05, 0.1) is 5.75 Å². The zero-order valence-electron chi connectivity index (χ0n) is 15.0. The molecule has 1 heterocycles. The minimum Gasteiger partial charge on any atom is -0.353 e. The minimum atomic E-state index is -3.38. The van der Waals surface area contributed by atoms with Crippen molar-refractivity contribution in [3.8, 4) is 0 Å². The van der Waals surface area contributed by atoms with E-state index in [0.29, 0.717) is 36.9 Å². The second-order valence-electron chi connectivity index (χ2n) is 7.10. The number of halogens is 1. The molecule has 1 fully saturated rings. The van der Waals surface area contributed by atoms with Crippen molar-refractivity contribution in [2.45, 2.75) is 45.4 Å². The topological polar surface area (TPSA) is 66.5 Å². The van der Waals surface area contributed by atoms with Crippen LogP contribution in [0.15, 0.2) is 24.3 Å². The van der Waals surface area contributed by atoms with Gasteiger partial charge >= 0.3 is 0 Å². The number of sulfonamides is 1. The number of nitrogens with one attached hydrogen (secondary N) is 1. The third kappa shape index (κ3) is 5.69. The van der Waals surface area contributed by atoms with E-state index in [0.717, 1.165) is 5.56 Å². The van der Waals surface area contributed by atoms with Gasteiger partial charge < -0.3 is 5.32 Å². The van der Waals surface area contributed by atoms with E-state index in [2.05, 4.69) is 19.2 Å². The molecule has 1 aromatic rings. The quantitative estimate of drug-likeness (QED) is 0.817. The predicted molar refractivity (Wildman–Crippen MR) is 101 cm³/mol. The molecular formula is C18H27ClN2O3S. The first-order chi connectivity index (χ1) is 11.7. The highest BCUT2D eigenvalue weighted by Crippen LogP contribution is 2.22. The lowest BCUT2D eigenvalue weighted by atomic mass is 9.96. The van der Waals surface area contributed by atoms with Crippen LogP contribution in [0, 0.1) is 11.8 Å². The monoisotopic (exact) mass is 386 g/mol. The first kappa shape index (κ1) is 20.2. The van der Waals surface area contributed by atoms with E-state index >= 15 is 0 Å². The molecular weight excluding hydrogens is 360 g/mol. The highest BCUT2D eigenvalue weighted by molar-refractivity contribution is 7.88. The Bertz CT molecular complexity index is 681. The number of amides is 1. The number of benzene rings is 1. The molecule has 0 aromatic heterocycles. The summed E-state index contributed by atoms with van der Waals surface area (Å²) < 4.78 is 26.6. The minimum absolute atomic E-state index is 0.0363. The van der Waals surface area contributed by atoms with Crippen molar-refractivity contribution in [1.29, 1.82) is 0 Å². The maximum Gasteiger partial charge on any atom is 0.223 e. The SMILES string of the molecule is CC(C)[C@H](C)NC(=O)C1CCN(S(=O)(=O)Cc2ccc(Cl)cc2)CC1. The predicted octanol–water partition coefficient (Wildman–Crippen LogP) is 3.04. The lowest BCUT2D eigenvalue weighted by Gasteiger charge is -2.31. The molecule has 1 saturated heterocycles. The fourth-order valence-corrected chi connectivity index (χ4v) is 4.48. The van der Waals surface area contributed by atoms with Crippen molar-refractivity contribution in [3.63, 3.8) is 0 Å². The summed E-state index contributed by atoms with van der Waals surface area (Å²) in [5, 5.41) is 3.61. The average molecular weight is 387 g/mol. The van der Waals surface area contributed by atoms with Crippen LogP contribution < -0.4 is 5.32 Å². The first-order valence-corrected chi connectivity index (χ1v) is 10.7. The van der Waals surface area contributed by atoms with Gasteiger partial charge in [-0.25, -0.2) is 12.7 Å². The number of nitrogens with zero attached hydrogens (tertiary/aromatic N) is 1. The fourth-order valence-electron chi connectivity index (χ4n) is 2.79. The number of piperidine rings is 1. The Morgan fingerprint density at radius 1 is 1.20 bits per heavy atom. The summed E-state index contributed by atoms with van der Waals surface area (Å²) in [5.74, 6) is 0.272. The van der Waals surface area contributed by atoms with Crippen molar-refractivity contribution in [2.75, 3.05) is 13.1 Å². The van der Waals surface area contributed by atoms with Crippen LogP contribution in [-0.4, -0.2) is 37.8 Å². The van der Waals surface area contributed by atoms with Crippen LogP contribution >= 0.6 is 11.6 Å². The molecule has 25 heavy (non-hydrogen) atoms. The summed E-state index contributed by atoms with van der Waals surface area (Å²) in [5.41, 5.74) is 0.718. The van der Waals surface area contributed by atoms with Gasteiger partial charge in [0.2, 0.25) is 15.9 Å². The van der Waals surface area contributed by atoms with Crippen molar-refractivity contribution in [1.82, 2.24) is 9.62 Å². The van der Waals surface area contributed by atoms with E-state index in [-0.39, 0.29) is 23.6 Å². The van der Waals surface area contributed by atoms with Gasteiger partial charge in [0, 0.05) is 30.1 Å². The zero-order valence-corrected chi connectivity index (χ0v) is 16.6. The van der Waals surface area contributed by atoms with E-state index in [9.17, 15) is 13.2 Å². The molecule has 7 heteroatoms. The Balaban J connectivity index is 1.90. The van der Waals surface area contributed by atoms with E-state index < -0.39 is 10.0 Å². The van der Waals surface area contributed by atoms with E-state index in [1.54, 1.807) is 24.3 Å². The van der Waals surface area contributed by atoms with Crippen LogP contribution in [-0.2, 0) is 20.6 Å². The van der Waals surface area contributed by atoms with Gasteiger partial charge in [-0.1, -0.05) is 37.6 Å². The van der Waals surface area contributed by atoms with Crippen molar-refractivity contribution >= 4 is 27.5 Å². The van der Waals surface area contributed by atoms with Crippen molar-refractivity contribution < 1.29 is 13.2 Å². The summed E-state index contributed by atoms with van der Waals surface area (Å²) >= 11 is 5.83. The van der Waals surface area contributed by atoms with Gasteiger partial charge in [-0.3, -0.25) is 4.79 Å². The first-order valence-electron chi connectivity index (χ1n) is 8.71. The summed E-state index contributed by atoms with van der Waals surface area (Å²) in [4.78, 5) is 12.3. The summed E-state index contributed by atoms with van der Waals surface area (Å²) in [6.45, 7) is 6.91. The van der Waals surface area contributed by atoms with Gasteiger partial charge in [0.15, 0.2) is 0 Å². The molecule has 0 unspecified atom stereocenters. The summed E-state index contributed by atoms with van der Waals surface area (Å²) in [7, 11) is -3.38. The number of carbonyl (C=O) groups excluding carboxylic acids is 1. The molecule has 1 aliphatic rings. The summed E-state index contributed by atoms with van der Waals surface area (Å²) in [6.07, 6.45) is 1.13. The Hall–Kier alpha value is -1.11. The largest absolute Gasteiger partial charge is 0.353 e. The molecule has 1 aliphatic heterocycles. The maximum absolute atomic E-state index is 12.6. The van der Waals surface area contributed by atoms with E-state index in [1.165, 1.54) is 4.31 Å². The van der Waals surface area contributed by atoms with Crippen LogP contribution in [0.2, 0.25) is 5.02 Å². The van der Waals surface area contributed by atoms with Gasteiger partial charge in [-0.05, 0) is 43.4 Å². The van der Waals surface area contributed by atoms with Crippen LogP contribution in [0.5, 0.6) is 0 Å². The molecule has 0 radical (unpaired) electrons. The second kappa shape index (κ2) is 8.52. The number of carbonyl (C=O) groups is 1. The van der Waals surface area contributed by atoms with Gasteiger partial charge in [-0.2, -0.15) is 0 Å². The summed E-state index contributed by atoms with van der Waals surface area (Å²) in [6, 6.07) is 6.97. The highest BCUT2D eigenvalue weighted by Gasteiger charge is 2.31. The molecule has 0 bridgehead atoms. The Kier molecular flexibility index (Phi) is 6.88. The van der Waals surface area contributed by atoms with Crippen molar-refractivity contribution in [3.05, 3.63) is 34.9 Å². The third-order valence-corrected chi connectivity index (χ3v) is 6.95. The molecule has 1 aromatic carbocycles. The Morgan fingerprint density at radius 2 is 1.76 bits per heavy atom. The molecule has 5 nitrogen and oxygen atoms in total. The number of hydrogen-bond donors (Lipinski definition) is 1. The van der Waals surface area contributed by atoms with Crippen LogP contribution in [0.25, 0.3) is 0 Å². The molecule has 1 atom stereocenters. The zero-order chi connectivity index (χ0) is 18.6. The molecule has 1 amide bonds. The normalized spacial score (nSPS) is 18.3. The Morgan fingerprint density at radius 3 is 2.28 bits per heavy atom. The molecule has 0 saturated carbocycles. The van der Waals surface area contributed by atoms with E-state index in [4.69, 9.17) is 11.6 Å². The van der Waals surface area contributed by atoms with Gasteiger partial charge in [-0.15, -0.1) is 0 Å². The van der Waals surface area contributed by atoms with Gasteiger partial charge in [0.25, 0.3) is 0 Å². The standard InChI is InChI=1S/C18H27ClN2O3S/c1-13(2)14(3)20-18(22)16-8-10-21(11-9-16)25(23,24)12-15-4-6-17(19)7-5-15/h4-7,13-14,16H,8-12H2,1-3H3,(H,20,22)/t14-/m0/s1. The van der Waals surface area contributed by atoms with Crippen LogP contribution in [0.3, 0.4) is 0 Å². The van der Waals surface area contributed by atoms with Gasteiger partial charge in [0.1, 0.15) is 0 Å². The fraction of sp³-hybridized carbons (Fsp3) is 0.611. The smallest absolute Gasteiger partial charge is 0.223 e. The molecule has 2 rings (SSSR count). The van der Waals surface area contributed by atoms with Crippen molar-refractivity contribution in [2.24, 2.45) is 11.8 Å². The highest BCUT2D eigenvalue weighted by atomic mass is 35.5. The lowest BCUT2D eigenvalue weighted by molar-refractivity contribution is -0.127. The molecule has 140 valence electrons. The van der Waals surface area contributed by atoms with Crippen LogP contribution in [0.1, 0.15) is 39.2 Å². The lowest BCUT2D eigenvalue weighted by Crippen LogP contribution is -2.46. The number of hydrogen-bond acceptors (Lipinski definition) is 3. The second-order valence-corrected chi connectivity index (χ2v) is 9.50. The Labute approximate surface area is 155 Å². The van der Waals surface area contributed by atoms with Crippen LogP contribution in [0.4, 0.5) is 0 Å². The molecule has 0 aliphatic carbocycles. The average Bonchev–Trinajstić information content (AvgIpc) is 2.56. The molecule has 1 N–H and O–H groups in total. The number of rotatable bonds is 6.